The number of para-hydroxylation sites is 2. The fraction of sp³-hybridized carbons (Fsp3) is 0. The van der Waals surface area contributed by atoms with E-state index in [1.165, 1.54) is 0 Å². The molecule has 0 spiro atoms. The lowest BCUT2D eigenvalue weighted by Gasteiger charge is -2.30. The van der Waals surface area contributed by atoms with E-state index < -0.39 is 7.12 Å². The fourth-order valence-corrected chi connectivity index (χ4v) is 5.12. The van der Waals surface area contributed by atoms with Crippen LogP contribution in [0.3, 0.4) is 0 Å². The van der Waals surface area contributed by atoms with Crippen LogP contribution in [0.5, 0.6) is 0 Å². The lowest BCUT2D eigenvalue weighted by atomic mass is 9.80. The summed E-state index contributed by atoms with van der Waals surface area (Å²) >= 11 is 0. The molecule has 6 aromatic carbocycles. The van der Waals surface area contributed by atoms with Crippen LogP contribution < -0.4 is 10.4 Å². The van der Waals surface area contributed by atoms with E-state index in [4.69, 9.17) is 0 Å². The van der Waals surface area contributed by atoms with Gasteiger partial charge in [0.15, 0.2) is 0 Å². The van der Waals surface area contributed by atoms with Crippen LogP contribution in [0.15, 0.2) is 158 Å². The normalized spacial score (nSPS) is 10.8. The third-order valence-corrected chi connectivity index (χ3v) is 7.13. The molecule has 0 aromatic heterocycles. The molecule has 0 atom stereocenters. The van der Waals surface area contributed by atoms with Gasteiger partial charge in [0.1, 0.15) is 0 Å². The maximum absolute atomic E-state index is 9.46. The van der Waals surface area contributed by atoms with Crippen molar-refractivity contribution in [1.29, 1.82) is 0 Å². The van der Waals surface area contributed by atoms with E-state index in [-0.39, 0.29) is 0 Å². The second kappa shape index (κ2) is 11.5. The van der Waals surface area contributed by atoms with E-state index in [0.717, 1.165) is 50.4 Å². The standard InChI is InChI=1S/C36H28BNO2/c39-37(40)31-23-19-27(20-24-31)28-21-25-32(26-22-28)38(35-17-9-7-15-33(35)29-11-3-1-4-12-29)36-18-10-8-16-34(36)30-13-5-2-6-14-30/h1-26,39-40H. The highest BCUT2D eigenvalue weighted by Crippen LogP contribution is 2.44. The molecule has 0 fully saturated rings. The van der Waals surface area contributed by atoms with Gasteiger partial charge in [0.05, 0.1) is 11.4 Å². The molecule has 0 saturated carbocycles. The van der Waals surface area contributed by atoms with Gasteiger partial charge in [0.25, 0.3) is 0 Å². The molecule has 0 bridgehead atoms. The molecule has 6 rings (SSSR count). The zero-order valence-electron chi connectivity index (χ0n) is 21.9. The predicted molar refractivity (Wildman–Crippen MR) is 167 cm³/mol. The number of anilines is 3. The lowest BCUT2D eigenvalue weighted by Crippen LogP contribution is -2.29. The molecule has 0 amide bonds. The summed E-state index contributed by atoms with van der Waals surface area (Å²) in [6.07, 6.45) is 0. The van der Waals surface area contributed by atoms with Crippen LogP contribution in [-0.4, -0.2) is 17.2 Å². The van der Waals surface area contributed by atoms with Crippen LogP contribution >= 0.6 is 0 Å². The predicted octanol–water partition coefficient (Wildman–Crippen LogP) is 7.84. The van der Waals surface area contributed by atoms with Crippen LogP contribution in [0.2, 0.25) is 0 Å². The Bertz CT molecular complexity index is 1620. The maximum Gasteiger partial charge on any atom is 0.488 e. The Morgan fingerprint density at radius 1 is 0.375 bits per heavy atom. The summed E-state index contributed by atoms with van der Waals surface area (Å²) in [5, 5.41) is 18.9. The number of rotatable bonds is 7. The van der Waals surface area contributed by atoms with E-state index in [1.807, 2.05) is 24.3 Å². The molecule has 6 aromatic rings. The van der Waals surface area contributed by atoms with Crippen molar-refractivity contribution in [3.63, 3.8) is 0 Å². The topological polar surface area (TPSA) is 43.7 Å². The summed E-state index contributed by atoms with van der Waals surface area (Å²) in [6, 6.07) is 53.9. The van der Waals surface area contributed by atoms with Gasteiger partial charge in [0, 0.05) is 16.8 Å². The van der Waals surface area contributed by atoms with E-state index in [9.17, 15) is 10.0 Å². The minimum absolute atomic E-state index is 0.474. The van der Waals surface area contributed by atoms with E-state index in [1.54, 1.807) is 12.1 Å². The number of nitrogens with zero attached hydrogens (tertiary/aromatic N) is 1. The highest BCUT2D eigenvalue weighted by Gasteiger charge is 2.20. The maximum atomic E-state index is 9.46. The molecule has 0 aliphatic carbocycles. The average Bonchev–Trinajstić information content (AvgIpc) is 3.03. The smallest absolute Gasteiger partial charge is 0.423 e. The average molecular weight is 517 g/mol. The van der Waals surface area contributed by atoms with Gasteiger partial charge in [-0.15, -0.1) is 0 Å². The molecule has 0 saturated heterocycles. The molecule has 0 radical (unpaired) electrons. The molecule has 3 nitrogen and oxygen atoms in total. The Balaban J connectivity index is 1.51. The lowest BCUT2D eigenvalue weighted by molar-refractivity contribution is 0.426. The molecule has 0 unspecified atom stereocenters. The van der Waals surface area contributed by atoms with Crippen molar-refractivity contribution in [3.8, 4) is 33.4 Å². The SMILES string of the molecule is OB(O)c1ccc(-c2ccc(N(c3ccccc3-c3ccccc3)c3ccccc3-c3ccccc3)cc2)cc1. The second-order valence-corrected chi connectivity index (χ2v) is 9.64. The molecule has 0 aliphatic heterocycles. The van der Waals surface area contributed by atoms with E-state index in [2.05, 4.69) is 126 Å². The quantitative estimate of drug-likeness (QED) is 0.212. The first-order valence-electron chi connectivity index (χ1n) is 13.3. The first-order chi connectivity index (χ1) is 19.7. The molecule has 0 heterocycles. The van der Waals surface area contributed by atoms with Gasteiger partial charge in [-0.3, -0.25) is 0 Å². The fourth-order valence-electron chi connectivity index (χ4n) is 5.12. The van der Waals surface area contributed by atoms with Crippen molar-refractivity contribution in [3.05, 3.63) is 158 Å². The first kappa shape index (κ1) is 25.4. The van der Waals surface area contributed by atoms with Gasteiger partial charge >= 0.3 is 7.12 Å². The third-order valence-electron chi connectivity index (χ3n) is 7.13. The summed E-state index contributed by atoms with van der Waals surface area (Å²) in [6.45, 7) is 0. The van der Waals surface area contributed by atoms with Crippen molar-refractivity contribution in [2.45, 2.75) is 0 Å². The van der Waals surface area contributed by atoms with Gasteiger partial charge in [-0.2, -0.15) is 0 Å². The van der Waals surface area contributed by atoms with Crippen LogP contribution in [0, 0.1) is 0 Å². The monoisotopic (exact) mass is 517 g/mol. The van der Waals surface area contributed by atoms with Crippen LogP contribution in [0.1, 0.15) is 0 Å². The zero-order chi connectivity index (χ0) is 27.3. The number of hydrogen-bond acceptors (Lipinski definition) is 3. The van der Waals surface area contributed by atoms with E-state index >= 15 is 0 Å². The summed E-state index contributed by atoms with van der Waals surface area (Å²) in [4.78, 5) is 2.33. The van der Waals surface area contributed by atoms with Crippen molar-refractivity contribution >= 4 is 29.6 Å². The minimum Gasteiger partial charge on any atom is -0.423 e. The summed E-state index contributed by atoms with van der Waals surface area (Å²) in [7, 11) is -1.47. The Labute approximate surface area is 235 Å². The van der Waals surface area contributed by atoms with Gasteiger partial charge in [-0.05, 0) is 52.0 Å². The molecular weight excluding hydrogens is 489 g/mol. The van der Waals surface area contributed by atoms with Crippen molar-refractivity contribution in [1.82, 2.24) is 0 Å². The van der Waals surface area contributed by atoms with Crippen LogP contribution in [-0.2, 0) is 0 Å². The highest BCUT2D eigenvalue weighted by molar-refractivity contribution is 6.58. The minimum atomic E-state index is -1.47. The van der Waals surface area contributed by atoms with Crippen LogP contribution in [0.25, 0.3) is 33.4 Å². The Hall–Kier alpha value is -4.90. The van der Waals surface area contributed by atoms with Crippen molar-refractivity contribution in [2.24, 2.45) is 0 Å². The Morgan fingerprint density at radius 2 is 0.775 bits per heavy atom. The molecule has 0 aliphatic rings. The highest BCUT2D eigenvalue weighted by atomic mass is 16.4. The molecule has 2 N–H and O–H groups in total. The van der Waals surface area contributed by atoms with Crippen molar-refractivity contribution < 1.29 is 10.0 Å². The van der Waals surface area contributed by atoms with Crippen LogP contribution in [0.4, 0.5) is 17.1 Å². The first-order valence-corrected chi connectivity index (χ1v) is 13.3. The van der Waals surface area contributed by atoms with Crippen molar-refractivity contribution in [2.75, 3.05) is 4.90 Å². The third kappa shape index (κ3) is 5.19. The molecule has 40 heavy (non-hydrogen) atoms. The number of benzene rings is 6. The van der Waals surface area contributed by atoms with Gasteiger partial charge in [-0.25, -0.2) is 0 Å². The van der Waals surface area contributed by atoms with E-state index in [0.29, 0.717) is 5.46 Å². The van der Waals surface area contributed by atoms with Gasteiger partial charge in [-0.1, -0.05) is 133 Å². The Morgan fingerprint density at radius 3 is 1.23 bits per heavy atom. The Kier molecular flexibility index (Phi) is 7.27. The zero-order valence-corrected chi connectivity index (χ0v) is 21.9. The summed E-state index contributed by atoms with van der Waals surface area (Å²) < 4.78 is 0. The molecular formula is C36H28BNO2. The largest absolute Gasteiger partial charge is 0.488 e. The summed E-state index contributed by atoms with van der Waals surface area (Å²) in [5.74, 6) is 0. The van der Waals surface area contributed by atoms with Gasteiger partial charge < -0.3 is 14.9 Å². The van der Waals surface area contributed by atoms with Gasteiger partial charge in [0.2, 0.25) is 0 Å². The second-order valence-electron chi connectivity index (χ2n) is 9.64. The molecule has 192 valence electrons. The number of hydrogen-bond donors (Lipinski definition) is 2. The molecule has 4 heteroatoms. The summed E-state index contributed by atoms with van der Waals surface area (Å²) in [5.41, 5.74) is 10.4.